The van der Waals surface area contributed by atoms with Crippen molar-refractivity contribution in [3.05, 3.63) is 29.8 Å². The van der Waals surface area contributed by atoms with Crippen molar-refractivity contribution in [2.75, 3.05) is 26.8 Å². The van der Waals surface area contributed by atoms with Crippen LogP contribution in [0.3, 0.4) is 0 Å². The first-order chi connectivity index (χ1) is 7.27. The van der Waals surface area contributed by atoms with Crippen molar-refractivity contribution in [1.82, 2.24) is 5.32 Å². The highest BCUT2D eigenvalue weighted by molar-refractivity contribution is 5.97. The average Bonchev–Trinajstić information content (AvgIpc) is 2.29. The lowest BCUT2D eigenvalue weighted by Gasteiger charge is -2.03. The van der Waals surface area contributed by atoms with E-state index in [9.17, 15) is 4.79 Å². The van der Waals surface area contributed by atoms with Crippen LogP contribution in [0.2, 0.25) is 0 Å². The Bertz CT molecular complexity index is 308. The molecule has 82 valence electrons. The molecule has 1 rings (SSSR count). The van der Waals surface area contributed by atoms with Gasteiger partial charge in [-0.1, -0.05) is 0 Å². The van der Waals surface area contributed by atoms with Crippen LogP contribution in [0.1, 0.15) is 10.4 Å². The smallest absolute Gasteiger partial charge is 0.176 e. The van der Waals surface area contributed by atoms with Gasteiger partial charge in [0.2, 0.25) is 0 Å². The van der Waals surface area contributed by atoms with Crippen LogP contribution in [0.5, 0.6) is 5.75 Å². The highest BCUT2D eigenvalue weighted by atomic mass is 16.5. The third-order valence-electron chi connectivity index (χ3n) is 1.99. The van der Waals surface area contributed by atoms with E-state index in [1.54, 1.807) is 31.4 Å². The number of nitrogens with one attached hydrogen (secondary N) is 1. The van der Waals surface area contributed by atoms with Crippen LogP contribution in [0.4, 0.5) is 0 Å². The van der Waals surface area contributed by atoms with Crippen molar-refractivity contribution >= 4 is 5.78 Å². The van der Waals surface area contributed by atoms with Gasteiger partial charge in [0.15, 0.2) is 5.78 Å². The second-order valence-corrected chi connectivity index (χ2v) is 3.05. The monoisotopic (exact) mass is 209 g/mol. The number of ketones is 1. The molecular formula is C11H15NO3. The number of ether oxygens (including phenoxy) is 1. The van der Waals surface area contributed by atoms with Gasteiger partial charge in [0, 0.05) is 12.1 Å². The number of rotatable bonds is 6. The highest BCUT2D eigenvalue weighted by Gasteiger charge is 2.04. The second-order valence-electron chi connectivity index (χ2n) is 3.05. The molecule has 0 aliphatic heterocycles. The number of carbonyl (C=O) groups excluding carboxylic acids is 1. The normalized spacial score (nSPS) is 10.0. The maximum Gasteiger partial charge on any atom is 0.176 e. The SMILES string of the molecule is COc1ccc(C(=O)CNCCO)cc1. The second kappa shape index (κ2) is 6.16. The fourth-order valence-electron chi connectivity index (χ4n) is 1.16. The number of hydrogen-bond acceptors (Lipinski definition) is 4. The first-order valence-electron chi connectivity index (χ1n) is 4.76. The number of Topliss-reactive ketones (excluding diaryl/α,β-unsaturated/α-hetero) is 1. The number of aliphatic hydroxyl groups is 1. The first kappa shape index (κ1) is 11.7. The lowest BCUT2D eigenvalue weighted by molar-refractivity contribution is 0.0989. The number of carbonyl (C=O) groups is 1. The Hall–Kier alpha value is -1.39. The predicted molar refractivity (Wildman–Crippen MR) is 57.3 cm³/mol. The van der Waals surface area contributed by atoms with E-state index in [-0.39, 0.29) is 18.9 Å². The zero-order valence-electron chi connectivity index (χ0n) is 8.69. The van der Waals surface area contributed by atoms with Crippen LogP contribution in [0, 0.1) is 0 Å². The van der Waals surface area contributed by atoms with Gasteiger partial charge in [-0.05, 0) is 24.3 Å². The van der Waals surface area contributed by atoms with Gasteiger partial charge in [-0.25, -0.2) is 0 Å². The lowest BCUT2D eigenvalue weighted by atomic mass is 10.1. The van der Waals surface area contributed by atoms with E-state index in [0.717, 1.165) is 5.75 Å². The van der Waals surface area contributed by atoms with Gasteiger partial charge < -0.3 is 15.2 Å². The summed E-state index contributed by atoms with van der Waals surface area (Å²) in [4.78, 5) is 11.5. The molecule has 0 aliphatic carbocycles. The van der Waals surface area contributed by atoms with E-state index < -0.39 is 0 Å². The summed E-state index contributed by atoms with van der Waals surface area (Å²) in [6.45, 7) is 0.713. The number of methoxy groups -OCH3 is 1. The molecule has 0 aromatic heterocycles. The maximum atomic E-state index is 11.5. The molecule has 0 saturated heterocycles. The summed E-state index contributed by atoms with van der Waals surface area (Å²) in [7, 11) is 1.58. The van der Waals surface area contributed by atoms with Gasteiger partial charge in [0.25, 0.3) is 0 Å². The van der Waals surface area contributed by atoms with Crippen molar-refractivity contribution in [2.45, 2.75) is 0 Å². The van der Waals surface area contributed by atoms with E-state index in [2.05, 4.69) is 5.32 Å². The summed E-state index contributed by atoms with van der Waals surface area (Å²) in [5.41, 5.74) is 0.640. The molecule has 2 N–H and O–H groups in total. The van der Waals surface area contributed by atoms with Crippen molar-refractivity contribution in [2.24, 2.45) is 0 Å². The Labute approximate surface area is 88.9 Å². The maximum absolute atomic E-state index is 11.5. The van der Waals surface area contributed by atoms with Crippen molar-refractivity contribution < 1.29 is 14.6 Å². The number of benzene rings is 1. The quantitative estimate of drug-likeness (QED) is 0.528. The fraction of sp³-hybridized carbons (Fsp3) is 0.364. The Balaban J connectivity index is 2.50. The van der Waals surface area contributed by atoms with Gasteiger partial charge in [0.05, 0.1) is 20.3 Å². The minimum absolute atomic E-state index is 0.00565. The van der Waals surface area contributed by atoms with Gasteiger partial charge >= 0.3 is 0 Å². The van der Waals surface area contributed by atoms with Crippen LogP contribution < -0.4 is 10.1 Å². The Morgan fingerprint density at radius 2 is 2.07 bits per heavy atom. The predicted octanol–water partition coefficient (Wildman–Crippen LogP) is 0.460. The van der Waals surface area contributed by atoms with Gasteiger partial charge in [-0.2, -0.15) is 0 Å². The van der Waals surface area contributed by atoms with Crippen LogP contribution >= 0.6 is 0 Å². The van der Waals surface area contributed by atoms with Crippen molar-refractivity contribution in [1.29, 1.82) is 0 Å². The van der Waals surface area contributed by atoms with E-state index in [1.165, 1.54) is 0 Å². The average molecular weight is 209 g/mol. The summed E-state index contributed by atoms with van der Waals surface area (Å²) in [6.07, 6.45) is 0. The summed E-state index contributed by atoms with van der Waals surface area (Å²) in [5, 5.41) is 11.4. The minimum Gasteiger partial charge on any atom is -0.497 e. The summed E-state index contributed by atoms with van der Waals surface area (Å²) >= 11 is 0. The molecule has 0 heterocycles. The Morgan fingerprint density at radius 3 is 2.60 bits per heavy atom. The Morgan fingerprint density at radius 1 is 1.40 bits per heavy atom. The lowest BCUT2D eigenvalue weighted by Crippen LogP contribution is -2.25. The zero-order valence-corrected chi connectivity index (χ0v) is 8.69. The molecule has 15 heavy (non-hydrogen) atoms. The molecule has 0 unspecified atom stereocenters. The largest absolute Gasteiger partial charge is 0.497 e. The highest BCUT2D eigenvalue weighted by Crippen LogP contribution is 2.11. The van der Waals surface area contributed by atoms with Gasteiger partial charge in [-0.3, -0.25) is 4.79 Å². The van der Waals surface area contributed by atoms with E-state index >= 15 is 0 Å². The number of hydrogen-bond donors (Lipinski definition) is 2. The zero-order chi connectivity index (χ0) is 11.1. The summed E-state index contributed by atoms with van der Waals surface area (Å²) in [6, 6.07) is 6.95. The van der Waals surface area contributed by atoms with Crippen LogP contribution in [-0.2, 0) is 0 Å². The molecule has 0 saturated carbocycles. The third-order valence-corrected chi connectivity index (χ3v) is 1.99. The standard InChI is InChI=1S/C11H15NO3/c1-15-10-4-2-9(3-5-10)11(14)8-12-6-7-13/h2-5,12-13H,6-8H2,1H3. The molecule has 0 radical (unpaired) electrons. The van der Waals surface area contributed by atoms with Crippen LogP contribution in [0.15, 0.2) is 24.3 Å². The Kier molecular flexibility index (Phi) is 4.80. The first-order valence-corrected chi connectivity index (χ1v) is 4.76. The van der Waals surface area contributed by atoms with Crippen LogP contribution in [0.25, 0.3) is 0 Å². The number of aliphatic hydroxyl groups excluding tert-OH is 1. The van der Waals surface area contributed by atoms with E-state index in [1.807, 2.05) is 0 Å². The topological polar surface area (TPSA) is 58.6 Å². The van der Waals surface area contributed by atoms with Gasteiger partial charge in [0.1, 0.15) is 5.75 Å². The molecule has 4 heteroatoms. The summed E-state index contributed by atoms with van der Waals surface area (Å²) in [5.74, 6) is 0.737. The molecular weight excluding hydrogens is 194 g/mol. The van der Waals surface area contributed by atoms with Crippen molar-refractivity contribution in [3.63, 3.8) is 0 Å². The molecule has 1 aromatic rings. The van der Waals surface area contributed by atoms with E-state index in [4.69, 9.17) is 9.84 Å². The van der Waals surface area contributed by atoms with E-state index in [0.29, 0.717) is 12.1 Å². The molecule has 4 nitrogen and oxygen atoms in total. The molecule has 0 amide bonds. The molecule has 0 atom stereocenters. The molecule has 0 fully saturated rings. The third kappa shape index (κ3) is 3.69. The van der Waals surface area contributed by atoms with Gasteiger partial charge in [-0.15, -0.1) is 0 Å². The molecule has 0 bridgehead atoms. The van der Waals surface area contributed by atoms with Crippen molar-refractivity contribution in [3.8, 4) is 5.75 Å². The molecule has 0 aliphatic rings. The molecule has 1 aromatic carbocycles. The van der Waals surface area contributed by atoms with Crippen LogP contribution in [-0.4, -0.2) is 37.7 Å². The fourth-order valence-corrected chi connectivity index (χ4v) is 1.16. The minimum atomic E-state index is 0.00565. The molecule has 0 spiro atoms. The summed E-state index contributed by atoms with van der Waals surface area (Å²) < 4.78 is 4.99.